The summed E-state index contributed by atoms with van der Waals surface area (Å²) in [4.78, 5) is 25.4. The van der Waals surface area contributed by atoms with Gasteiger partial charge in [-0.05, 0) is 43.2 Å². The minimum absolute atomic E-state index is 0.00892. The third-order valence-corrected chi connectivity index (χ3v) is 4.48. The van der Waals surface area contributed by atoms with E-state index in [0.29, 0.717) is 36.0 Å². The molecule has 0 unspecified atom stereocenters. The molecule has 1 aliphatic rings. The first-order chi connectivity index (χ1) is 14.1. The van der Waals surface area contributed by atoms with E-state index >= 15 is 0 Å². The summed E-state index contributed by atoms with van der Waals surface area (Å²) < 4.78 is 21.2. The van der Waals surface area contributed by atoms with E-state index < -0.39 is 11.8 Å². The molecule has 1 atom stereocenters. The maximum atomic E-state index is 12.7. The molecule has 1 fully saturated rings. The minimum atomic E-state index is -0.462. The van der Waals surface area contributed by atoms with Crippen molar-refractivity contribution in [3.05, 3.63) is 53.6 Å². The average molecular weight is 400 g/mol. The molecule has 1 aromatic carbocycles. The van der Waals surface area contributed by atoms with E-state index in [-0.39, 0.29) is 11.8 Å². The van der Waals surface area contributed by atoms with Crippen molar-refractivity contribution < 1.29 is 28.2 Å². The van der Waals surface area contributed by atoms with E-state index in [0.717, 1.165) is 12.8 Å². The van der Waals surface area contributed by atoms with E-state index in [4.69, 9.17) is 18.6 Å². The summed E-state index contributed by atoms with van der Waals surface area (Å²) >= 11 is 0. The number of benzene rings is 1. The van der Waals surface area contributed by atoms with Gasteiger partial charge in [-0.1, -0.05) is 0 Å². The molecule has 1 aliphatic heterocycles. The quantitative estimate of drug-likeness (QED) is 0.660. The SMILES string of the molecule is COc1ccc(C(=O)N/C(=C\c2ccco2)C(=O)NC[C@@H]2CCCO2)cc1OC. The first-order valence-corrected chi connectivity index (χ1v) is 9.29. The number of ether oxygens (including phenoxy) is 3. The molecular formula is C21H24N2O6. The maximum Gasteiger partial charge on any atom is 0.268 e. The third kappa shape index (κ3) is 5.39. The highest BCUT2D eigenvalue weighted by atomic mass is 16.5. The molecule has 2 heterocycles. The van der Waals surface area contributed by atoms with Crippen LogP contribution in [0, 0.1) is 0 Å². The number of rotatable bonds is 8. The van der Waals surface area contributed by atoms with Gasteiger partial charge in [-0.3, -0.25) is 9.59 Å². The van der Waals surface area contributed by atoms with Gasteiger partial charge < -0.3 is 29.3 Å². The molecule has 1 saturated heterocycles. The van der Waals surface area contributed by atoms with Crippen molar-refractivity contribution in [1.82, 2.24) is 10.6 Å². The number of hydrogen-bond donors (Lipinski definition) is 2. The molecule has 0 radical (unpaired) electrons. The molecular weight excluding hydrogens is 376 g/mol. The van der Waals surface area contributed by atoms with E-state index in [9.17, 15) is 9.59 Å². The van der Waals surface area contributed by atoms with Crippen molar-refractivity contribution >= 4 is 17.9 Å². The molecule has 0 spiro atoms. The Labute approximate surface area is 168 Å². The number of hydrogen-bond acceptors (Lipinski definition) is 6. The predicted molar refractivity (Wildman–Crippen MR) is 106 cm³/mol. The fourth-order valence-electron chi connectivity index (χ4n) is 2.95. The highest BCUT2D eigenvalue weighted by molar-refractivity contribution is 6.05. The highest BCUT2D eigenvalue weighted by Crippen LogP contribution is 2.27. The molecule has 8 heteroatoms. The zero-order valence-electron chi connectivity index (χ0n) is 16.4. The fourth-order valence-corrected chi connectivity index (χ4v) is 2.95. The van der Waals surface area contributed by atoms with Crippen molar-refractivity contribution in [1.29, 1.82) is 0 Å². The largest absolute Gasteiger partial charge is 0.493 e. The summed E-state index contributed by atoms with van der Waals surface area (Å²) in [6.07, 6.45) is 4.83. The topological polar surface area (TPSA) is 99.0 Å². The number of methoxy groups -OCH3 is 2. The number of amides is 2. The second kappa shape index (κ2) is 9.79. The fraction of sp³-hybridized carbons (Fsp3) is 0.333. The monoisotopic (exact) mass is 400 g/mol. The summed E-state index contributed by atoms with van der Waals surface area (Å²) in [7, 11) is 3.00. The van der Waals surface area contributed by atoms with E-state index in [1.807, 2.05) is 0 Å². The summed E-state index contributed by atoms with van der Waals surface area (Å²) in [5.74, 6) is 0.478. The van der Waals surface area contributed by atoms with Crippen molar-refractivity contribution in [2.75, 3.05) is 27.4 Å². The summed E-state index contributed by atoms with van der Waals surface area (Å²) in [6.45, 7) is 1.08. The Hall–Kier alpha value is -3.26. The summed E-state index contributed by atoms with van der Waals surface area (Å²) in [6, 6.07) is 8.15. The Kier molecular flexibility index (Phi) is 6.91. The zero-order chi connectivity index (χ0) is 20.6. The molecule has 2 amide bonds. The highest BCUT2D eigenvalue weighted by Gasteiger charge is 2.20. The maximum absolute atomic E-state index is 12.7. The number of carbonyl (C=O) groups is 2. The van der Waals surface area contributed by atoms with Crippen LogP contribution >= 0.6 is 0 Å². The van der Waals surface area contributed by atoms with Crippen LogP contribution in [0.2, 0.25) is 0 Å². The first kappa shape index (κ1) is 20.5. The van der Waals surface area contributed by atoms with Gasteiger partial charge in [0.2, 0.25) is 0 Å². The molecule has 2 aromatic rings. The van der Waals surface area contributed by atoms with Gasteiger partial charge >= 0.3 is 0 Å². The van der Waals surface area contributed by atoms with Gasteiger partial charge in [0, 0.05) is 24.8 Å². The number of nitrogens with one attached hydrogen (secondary N) is 2. The Morgan fingerprint density at radius 3 is 2.69 bits per heavy atom. The Morgan fingerprint density at radius 2 is 2.03 bits per heavy atom. The van der Waals surface area contributed by atoms with Crippen molar-refractivity contribution in [3.8, 4) is 11.5 Å². The van der Waals surface area contributed by atoms with E-state index in [1.165, 1.54) is 26.6 Å². The Bertz CT molecular complexity index is 869. The van der Waals surface area contributed by atoms with Crippen molar-refractivity contribution in [2.45, 2.75) is 18.9 Å². The predicted octanol–water partition coefficient (Wildman–Crippen LogP) is 2.36. The van der Waals surface area contributed by atoms with Gasteiger partial charge in [0.05, 0.1) is 26.6 Å². The van der Waals surface area contributed by atoms with Crippen LogP contribution in [0.4, 0.5) is 0 Å². The van der Waals surface area contributed by atoms with Crippen LogP contribution in [0.25, 0.3) is 6.08 Å². The van der Waals surface area contributed by atoms with E-state index in [1.54, 1.807) is 30.3 Å². The van der Waals surface area contributed by atoms with Crippen molar-refractivity contribution in [2.24, 2.45) is 0 Å². The summed E-state index contributed by atoms with van der Waals surface area (Å²) in [5, 5.41) is 5.45. The molecule has 8 nitrogen and oxygen atoms in total. The average Bonchev–Trinajstić information content (AvgIpc) is 3.45. The van der Waals surface area contributed by atoms with Crippen LogP contribution < -0.4 is 20.1 Å². The van der Waals surface area contributed by atoms with Gasteiger partial charge in [-0.2, -0.15) is 0 Å². The molecule has 3 rings (SSSR count). The molecule has 154 valence electrons. The normalized spacial score (nSPS) is 16.3. The Balaban J connectivity index is 1.75. The standard InChI is InChI=1S/C21H24N2O6/c1-26-18-8-7-14(11-19(18)27-2)20(24)23-17(12-15-5-3-9-28-15)21(25)22-13-16-6-4-10-29-16/h3,5,7-9,11-12,16H,4,6,10,13H2,1-2H3,(H,22,25)(H,23,24)/b17-12-/t16-/m0/s1. The van der Waals surface area contributed by atoms with Gasteiger partial charge in [0.15, 0.2) is 11.5 Å². The third-order valence-electron chi connectivity index (χ3n) is 4.48. The van der Waals surface area contributed by atoms with Crippen LogP contribution in [-0.4, -0.2) is 45.3 Å². The van der Waals surface area contributed by atoms with Gasteiger partial charge in [-0.25, -0.2) is 0 Å². The molecule has 0 saturated carbocycles. The molecule has 29 heavy (non-hydrogen) atoms. The zero-order valence-corrected chi connectivity index (χ0v) is 16.4. The summed E-state index contributed by atoms with van der Waals surface area (Å²) in [5.41, 5.74) is 0.387. The molecule has 1 aromatic heterocycles. The van der Waals surface area contributed by atoms with E-state index in [2.05, 4.69) is 10.6 Å². The second-order valence-electron chi connectivity index (χ2n) is 6.44. The van der Waals surface area contributed by atoms with Crippen LogP contribution in [-0.2, 0) is 9.53 Å². The lowest BCUT2D eigenvalue weighted by Crippen LogP contribution is -2.38. The lowest BCUT2D eigenvalue weighted by Gasteiger charge is -2.14. The number of furan rings is 1. The van der Waals surface area contributed by atoms with Gasteiger partial charge in [-0.15, -0.1) is 0 Å². The van der Waals surface area contributed by atoms with Gasteiger partial charge in [0.25, 0.3) is 11.8 Å². The lowest BCUT2D eigenvalue weighted by molar-refractivity contribution is -0.118. The smallest absolute Gasteiger partial charge is 0.268 e. The first-order valence-electron chi connectivity index (χ1n) is 9.29. The second-order valence-corrected chi connectivity index (χ2v) is 6.44. The van der Waals surface area contributed by atoms with Gasteiger partial charge in [0.1, 0.15) is 11.5 Å². The van der Waals surface area contributed by atoms with Crippen LogP contribution in [0.3, 0.4) is 0 Å². The molecule has 0 aliphatic carbocycles. The van der Waals surface area contributed by atoms with Crippen LogP contribution in [0.1, 0.15) is 29.0 Å². The Morgan fingerprint density at radius 1 is 1.21 bits per heavy atom. The molecule has 0 bridgehead atoms. The van der Waals surface area contributed by atoms with Crippen LogP contribution in [0.15, 0.2) is 46.7 Å². The van der Waals surface area contributed by atoms with Crippen LogP contribution in [0.5, 0.6) is 11.5 Å². The minimum Gasteiger partial charge on any atom is -0.493 e. The lowest BCUT2D eigenvalue weighted by atomic mass is 10.1. The number of carbonyl (C=O) groups excluding carboxylic acids is 2. The van der Waals surface area contributed by atoms with Crippen molar-refractivity contribution in [3.63, 3.8) is 0 Å². The molecule has 2 N–H and O–H groups in total.